The number of benzene rings is 1. The zero-order valence-corrected chi connectivity index (χ0v) is 11.4. The van der Waals surface area contributed by atoms with Crippen LogP contribution in [0.4, 0.5) is 5.69 Å². The Bertz CT molecular complexity index is 429. The van der Waals surface area contributed by atoms with Crippen LogP contribution in [0.3, 0.4) is 0 Å². The highest BCUT2D eigenvalue weighted by molar-refractivity contribution is 5.70. The van der Waals surface area contributed by atoms with Gasteiger partial charge in [-0.05, 0) is 6.92 Å². The van der Waals surface area contributed by atoms with Crippen LogP contribution in [0.1, 0.15) is 6.92 Å². The van der Waals surface area contributed by atoms with E-state index in [4.69, 9.17) is 19.5 Å². The summed E-state index contributed by atoms with van der Waals surface area (Å²) in [5.41, 5.74) is 0.731. The van der Waals surface area contributed by atoms with Crippen LogP contribution in [-0.4, -0.2) is 34.4 Å². The number of hydrogen-bond acceptors (Lipinski definition) is 5. The maximum absolute atomic E-state index is 9.00. The van der Waals surface area contributed by atoms with Crippen molar-refractivity contribution >= 4 is 5.69 Å². The smallest absolute Gasteiger partial charge is 0.149 e. The molecule has 98 valence electrons. The Morgan fingerprint density at radius 2 is 1.61 bits per heavy atom. The molecule has 1 aromatic carbocycles. The van der Waals surface area contributed by atoms with E-state index >= 15 is 0 Å². The molecule has 0 aromatic heterocycles. The van der Waals surface area contributed by atoms with E-state index in [1.165, 1.54) is 0 Å². The first-order valence-corrected chi connectivity index (χ1v) is 5.51. The number of methoxy groups -OCH3 is 3. The Balaban J connectivity index is 3.36. The molecule has 0 radical (unpaired) electrons. The van der Waals surface area contributed by atoms with Crippen molar-refractivity contribution < 1.29 is 14.2 Å². The van der Waals surface area contributed by atoms with Crippen LogP contribution in [0.2, 0.25) is 0 Å². The lowest BCUT2D eigenvalue weighted by Crippen LogP contribution is -2.28. The van der Waals surface area contributed by atoms with Crippen LogP contribution < -0.4 is 19.1 Å². The minimum absolute atomic E-state index is 0.291. The second-order valence-corrected chi connectivity index (χ2v) is 3.80. The second-order valence-electron chi connectivity index (χ2n) is 3.80. The van der Waals surface area contributed by atoms with Gasteiger partial charge in [-0.25, -0.2) is 0 Å². The molecule has 0 aliphatic carbocycles. The predicted molar refractivity (Wildman–Crippen MR) is 69.6 cm³/mol. The zero-order valence-electron chi connectivity index (χ0n) is 11.4. The van der Waals surface area contributed by atoms with Gasteiger partial charge in [0.15, 0.2) is 0 Å². The standard InChI is InChI=1S/C13H18N2O3/c1-9(8-14)15(2)13-11(17-4)6-10(16-3)7-12(13)18-5/h6-7,9H,1-5H3. The molecule has 5 nitrogen and oxygen atoms in total. The molecule has 0 aliphatic heterocycles. The Hall–Kier alpha value is -2.09. The van der Waals surface area contributed by atoms with E-state index in [2.05, 4.69) is 6.07 Å². The normalized spacial score (nSPS) is 11.3. The average molecular weight is 250 g/mol. The minimum Gasteiger partial charge on any atom is -0.496 e. The molecule has 0 amide bonds. The van der Waals surface area contributed by atoms with Crippen LogP contribution in [0.15, 0.2) is 12.1 Å². The number of nitriles is 1. The summed E-state index contributed by atoms with van der Waals surface area (Å²) in [6, 6.07) is 5.41. The van der Waals surface area contributed by atoms with Gasteiger partial charge in [0.2, 0.25) is 0 Å². The van der Waals surface area contributed by atoms with Gasteiger partial charge in [0.05, 0.1) is 27.4 Å². The van der Waals surface area contributed by atoms with E-state index in [-0.39, 0.29) is 6.04 Å². The van der Waals surface area contributed by atoms with Gasteiger partial charge in [-0.3, -0.25) is 0 Å². The SMILES string of the molecule is COc1cc(OC)c(N(C)C(C)C#N)c(OC)c1. The lowest BCUT2D eigenvalue weighted by atomic mass is 10.2. The first kappa shape index (κ1) is 14.0. The summed E-state index contributed by atoms with van der Waals surface area (Å²) in [4.78, 5) is 1.80. The zero-order chi connectivity index (χ0) is 13.7. The average Bonchev–Trinajstić information content (AvgIpc) is 2.43. The van der Waals surface area contributed by atoms with Crippen LogP contribution in [0, 0.1) is 11.3 Å². The maximum Gasteiger partial charge on any atom is 0.149 e. The number of anilines is 1. The van der Waals surface area contributed by atoms with Gasteiger partial charge in [0.1, 0.15) is 29.0 Å². The molecule has 0 heterocycles. The second kappa shape index (κ2) is 6.01. The topological polar surface area (TPSA) is 54.7 Å². The quantitative estimate of drug-likeness (QED) is 0.800. The van der Waals surface area contributed by atoms with Crippen LogP contribution in [-0.2, 0) is 0 Å². The van der Waals surface area contributed by atoms with E-state index in [9.17, 15) is 0 Å². The number of rotatable bonds is 5. The predicted octanol–water partition coefficient (Wildman–Crippen LogP) is 2.06. The Labute approximate surface area is 107 Å². The molecule has 0 aliphatic rings. The van der Waals surface area contributed by atoms with Crippen LogP contribution >= 0.6 is 0 Å². The summed E-state index contributed by atoms with van der Waals surface area (Å²) in [5.74, 6) is 1.86. The summed E-state index contributed by atoms with van der Waals surface area (Å²) < 4.78 is 15.8. The molecule has 0 spiro atoms. The van der Waals surface area contributed by atoms with Gasteiger partial charge in [0.25, 0.3) is 0 Å². The highest BCUT2D eigenvalue weighted by atomic mass is 16.5. The lowest BCUT2D eigenvalue weighted by Gasteiger charge is -2.26. The number of hydrogen-bond donors (Lipinski definition) is 0. The molecule has 18 heavy (non-hydrogen) atoms. The van der Waals surface area contributed by atoms with E-state index in [1.54, 1.807) is 38.4 Å². The first-order valence-electron chi connectivity index (χ1n) is 5.51. The third kappa shape index (κ3) is 2.59. The van der Waals surface area contributed by atoms with Gasteiger partial charge in [-0.2, -0.15) is 5.26 Å². The summed E-state index contributed by atoms with van der Waals surface area (Å²) in [6.07, 6.45) is 0. The Morgan fingerprint density at radius 1 is 1.11 bits per heavy atom. The van der Waals surface area contributed by atoms with Gasteiger partial charge in [-0.1, -0.05) is 0 Å². The number of ether oxygens (including phenoxy) is 3. The molecule has 0 bridgehead atoms. The summed E-state index contributed by atoms with van der Waals surface area (Å²) in [5, 5.41) is 9.00. The van der Waals surface area contributed by atoms with E-state index in [0.717, 1.165) is 5.69 Å². The lowest BCUT2D eigenvalue weighted by molar-refractivity contribution is 0.375. The van der Waals surface area contributed by atoms with Crippen molar-refractivity contribution in [2.45, 2.75) is 13.0 Å². The van der Waals surface area contributed by atoms with Crippen molar-refractivity contribution in [3.63, 3.8) is 0 Å². The molecule has 0 fully saturated rings. The molecule has 1 atom stereocenters. The van der Waals surface area contributed by atoms with Gasteiger partial charge >= 0.3 is 0 Å². The number of nitrogens with zero attached hydrogens (tertiary/aromatic N) is 2. The molecule has 0 saturated heterocycles. The van der Waals surface area contributed by atoms with Crippen molar-refractivity contribution in [3.05, 3.63) is 12.1 Å². The van der Waals surface area contributed by atoms with Crippen LogP contribution in [0.25, 0.3) is 0 Å². The molecular weight excluding hydrogens is 232 g/mol. The maximum atomic E-state index is 9.00. The Morgan fingerprint density at radius 3 is 1.94 bits per heavy atom. The van der Waals surface area contributed by atoms with Crippen molar-refractivity contribution in [1.29, 1.82) is 5.26 Å². The van der Waals surface area contributed by atoms with E-state index in [1.807, 2.05) is 14.0 Å². The fourth-order valence-corrected chi connectivity index (χ4v) is 1.62. The minimum atomic E-state index is -0.291. The summed E-state index contributed by atoms with van der Waals surface area (Å²) in [7, 11) is 6.54. The highest BCUT2D eigenvalue weighted by Gasteiger charge is 2.20. The van der Waals surface area contributed by atoms with E-state index < -0.39 is 0 Å². The summed E-state index contributed by atoms with van der Waals surface area (Å²) in [6.45, 7) is 1.81. The first-order chi connectivity index (χ1) is 8.58. The van der Waals surface area contributed by atoms with Gasteiger partial charge in [-0.15, -0.1) is 0 Å². The van der Waals surface area contributed by atoms with Crippen molar-refractivity contribution in [2.75, 3.05) is 33.3 Å². The van der Waals surface area contributed by atoms with Crippen LogP contribution in [0.5, 0.6) is 17.2 Å². The third-order valence-corrected chi connectivity index (χ3v) is 2.81. The molecule has 1 aromatic rings. The molecular formula is C13H18N2O3. The van der Waals surface area contributed by atoms with Crippen molar-refractivity contribution in [3.8, 4) is 23.3 Å². The monoisotopic (exact) mass is 250 g/mol. The van der Waals surface area contributed by atoms with E-state index in [0.29, 0.717) is 17.2 Å². The molecule has 0 N–H and O–H groups in total. The van der Waals surface area contributed by atoms with Gasteiger partial charge < -0.3 is 19.1 Å². The highest BCUT2D eigenvalue weighted by Crippen LogP contribution is 2.41. The van der Waals surface area contributed by atoms with Crippen molar-refractivity contribution in [2.24, 2.45) is 0 Å². The molecule has 5 heteroatoms. The largest absolute Gasteiger partial charge is 0.496 e. The molecule has 0 saturated carbocycles. The fourth-order valence-electron chi connectivity index (χ4n) is 1.62. The van der Waals surface area contributed by atoms with Crippen molar-refractivity contribution in [1.82, 2.24) is 0 Å². The van der Waals surface area contributed by atoms with Gasteiger partial charge in [0, 0.05) is 19.2 Å². The third-order valence-electron chi connectivity index (χ3n) is 2.81. The Kier molecular flexibility index (Phi) is 4.67. The fraction of sp³-hybridized carbons (Fsp3) is 0.462. The summed E-state index contributed by atoms with van der Waals surface area (Å²) >= 11 is 0. The molecule has 1 rings (SSSR count). The molecule has 1 unspecified atom stereocenters.